The molecule has 0 atom stereocenters. The molecule has 0 bridgehead atoms. The van der Waals surface area contributed by atoms with Crippen LogP contribution in [-0.4, -0.2) is 46.3 Å². The average Bonchev–Trinajstić information content (AvgIpc) is 3.29. The molecule has 1 saturated heterocycles. The van der Waals surface area contributed by atoms with Gasteiger partial charge in [0.05, 0.1) is 5.69 Å². The molecule has 2 heterocycles. The molecule has 1 amide bonds. The van der Waals surface area contributed by atoms with Crippen molar-refractivity contribution in [1.29, 1.82) is 0 Å². The van der Waals surface area contributed by atoms with Crippen LogP contribution in [-0.2, 0) is 12.8 Å². The number of amides is 1. The summed E-state index contributed by atoms with van der Waals surface area (Å²) in [5.74, 6) is 0.135. The number of aromatic nitrogens is 2. The molecule has 2 aliphatic rings. The highest BCUT2D eigenvalue weighted by Crippen LogP contribution is 2.30. The van der Waals surface area contributed by atoms with E-state index in [2.05, 4.69) is 53.9 Å². The highest BCUT2D eigenvalue weighted by Gasteiger charge is 2.32. The summed E-state index contributed by atoms with van der Waals surface area (Å²) in [6, 6.07) is 6.79. The Hall–Kier alpha value is -2.14. The van der Waals surface area contributed by atoms with Crippen molar-refractivity contribution in [2.45, 2.75) is 65.3 Å². The standard InChI is InChI=1S/C23H32N4O/c1-4-14-26(18-10-12-24-13-11-18)23(28)22-19-6-5-7-21(19)27(25-22)20-9-8-16(2)15-17(20)3/h8-9,15,18,24H,4-7,10-14H2,1-3H3. The summed E-state index contributed by atoms with van der Waals surface area (Å²) >= 11 is 0. The summed E-state index contributed by atoms with van der Waals surface area (Å²) in [5.41, 5.74) is 6.67. The van der Waals surface area contributed by atoms with Gasteiger partial charge >= 0.3 is 0 Å². The summed E-state index contributed by atoms with van der Waals surface area (Å²) in [6.45, 7) is 9.20. The summed E-state index contributed by atoms with van der Waals surface area (Å²) in [6.07, 6.45) is 6.13. The van der Waals surface area contributed by atoms with Gasteiger partial charge in [0.25, 0.3) is 5.91 Å². The van der Waals surface area contributed by atoms with Crippen molar-refractivity contribution in [3.05, 3.63) is 46.3 Å². The lowest BCUT2D eigenvalue weighted by Crippen LogP contribution is -2.46. The first-order valence-electron chi connectivity index (χ1n) is 10.8. The number of hydrogen-bond acceptors (Lipinski definition) is 3. The minimum absolute atomic E-state index is 0.135. The summed E-state index contributed by atoms with van der Waals surface area (Å²) in [5, 5.41) is 8.31. The Morgan fingerprint density at radius 3 is 2.75 bits per heavy atom. The largest absolute Gasteiger partial charge is 0.334 e. The molecule has 1 aromatic heterocycles. The molecule has 0 radical (unpaired) electrons. The van der Waals surface area contributed by atoms with Crippen LogP contribution in [0.1, 0.15) is 65.5 Å². The first-order valence-corrected chi connectivity index (χ1v) is 10.8. The van der Waals surface area contributed by atoms with Crippen LogP contribution in [0.15, 0.2) is 18.2 Å². The van der Waals surface area contributed by atoms with Gasteiger partial charge in [-0.2, -0.15) is 5.10 Å². The third kappa shape index (κ3) is 3.48. The molecule has 28 heavy (non-hydrogen) atoms. The van der Waals surface area contributed by atoms with Crippen LogP contribution in [0.4, 0.5) is 0 Å². The minimum atomic E-state index is 0.135. The monoisotopic (exact) mass is 380 g/mol. The van der Waals surface area contributed by atoms with E-state index in [-0.39, 0.29) is 5.91 Å². The fourth-order valence-electron chi connectivity index (χ4n) is 4.80. The van der Waals surface area contributed by atoms with E-state index in [1.54, 1.807) is 0 Å². The van der Waals surface area contributed by atoms with Crippen LogP contribution in [0.25, 0.3) is 5.69 Å². The number of nitrogens with one attached hydrogen (secondary N) is 1. The van der Waals surface area contributed by atoms with Crippen LogP contribution in [0.3, 0.4) is 0 Å². The van der Waals surface area contributed by atoms with Gasteiger partial charge in [-0.3, -0.25) is 4.79 Å². The maximum absolute atomic E-state index is 13.6. The molecule has 1 fully saturated rings. The second-order valence-corrected chi connectivity index (χ2v) is 8.31. The van der Waals surface area contributed by atoms with Gasteiger partial charge in [0.2, 0.25) is 0 Å². The van der Waals surface area contributed by atoms with Crippen LogP contribution in [0, 0.1) is 13.8 Å². The van der Waals surface area contributed by atoms with Crippen molar-refractivity contribution < 1.29 is 4.79 Å². The first-order chi connectivity index (χ1) is 13.6. The van der Waals surface area contributed by atoms with Crippen molar-refractivity contribution in [1.82, 2.24) is 20.0 Å². The highest BCUT2D eigenvalue weighted by atomic mass is 16.2. The lowest BCUT2D eigenvalue weighted by Gasteiger charge is -2.34. The van der Waals surface area contributed by atoms with Crippen molar-refractivity contribution in [3.8, 4) is 5.69 Å². The number of fused-ring (bicyclic) bond motifs is 1. The fourth-order valence-corrected chi connectivity index (χ4v) is 4.80. The number of benzene rings is 1. The molecule has 0 saturated carbocycles. The maximum atomic E-state index is 13.6. The molecule has 1 N–H and O–H groups in total. The summed E-state index contributed by atoms with van der Waals surface area (Å²) < 4.78 is 2.05. The SMILES string of the molecule is CCCN(C(=O)c1nn(-c2ccc(C)cc2C)c2c1CCC2)C1CCNCC1. The third-order valence-corrected chi connectivity index (χ3v) is 6.19. The van der Waals surface area contributed by atoms with Crippen molar-refractivity contribution >= 4 is 5.91 Å². The number of piperidine rings is 1. The van der Waals surface area contributed by atoms with Gasteiger partial charge in [0, 0.05) is 23.8 Å². The van der Waals surface area contributed by atoms with Crippen LogP contribution >= 0.6 is 0 Å². The number of carbonyl (C=O) groups excluding carboxylic acids is 1. The molecule has 150 valence electrons. The quantitative estimate of drug-likeness (QED) is 0.863. The Morgan fingerprint density at radius 1 is 1.25 bits per heavy atom. The van der Waals surface area contributed by atoms with Crippen molar-refractivity contribution in [2.75, 3.05) is 19.6 Å². The maximum Gasteiger partial charge on any atom is 0.274 e. The molecule has 0 unspecified atom stereocenters. The zero-order valence-electron chi connectivity index (χ0n) is 17.4. The lowest BCUT2D eigenvalue weighted by atomic mass is 10.0. The van der Waals surface area contributed by atoms with Crippen LogP contribution < -0.4 is 5.32 Å². The molecule has 0 spiro atoms. The third-order valence-electron chi connectivity index (χ3n) is 6.19. The van der Waals surface area contributed by atoms with E-state index in [4.69, 9.17) is 5.10 Å². The van der Waals surface area contributed by atoms with E-state index in [9.17, 15) is 4.79 Å². The molecule has 5 heteroatoms. The van der Waals surface area contributed by atoms with E-state index < -0.39 is 0 Å². The Morgan fingerprint density at radius 2 is 2.04 bits per heavy atom. The number of rotatable bonds is 5. The number of aryl methyl sites for hydroxylation is 2. The number of nitrogens with zero attached hydrogens (tertiary/aromatic N) is 3. The number of hydrogen-bond donors (Lipinski definition) is 1. The van der Waals surface area contributed by atoms with Gasteiger partial charge in [-0.25, -0.2) is 4.68 Å². The lowest BCUT2D eigenvalue weighted by molar-refractivity contribution is 0.0635. The minimum Gasteiger partial charge on any atom is -0.334 e. The van der Waals surface area contributed by atoms with Crippen LogP contribution in [0.2, 0.25) is 0 Å². The van der Waals surface area contributed by atoms with Gasteiger partial charge in [0.1, 0.15) is 0 Å². The van der Waals surface area contributed by atoms with Gasteiger partial charge < -0.3 is 10.2 Å². The molecule has 1 aliphatic carbocycles. The molecule has 4 rings (SSSR count). The Kier molecular flexibility index (Phi) is 5.54. The number of carbonyl (C=O) groups is 1. The molecule has 5 nitrogen and oxygen atoms in total. The van der Waals surface area contributed by atoms with Crippen molar-refractivity contribution in [3.63, 3.8) is 0 Å². The molecule has 2 aromatic rings. The Labute approximate surface area is 168 Å². The second kappa shape index (κ2) is 8.08. The Balaban J connectivity index is 1.72. The predicted molar refractivity (Wildman–Crippen MR) is 112 cm³/mol. The Bertz CT molecular complexity index is 864. The predicted octanol–water partition coefficient (Wildman–Crippen LogP) is 3.58. The zero-order chi connectivity index (χ0) is 19.7. The van der Waals surface area contributed by atoms with E-state index in [1.165, 1.54) is 22.4 Å². The highest BCUT2D eigenvalue weighted by molar-refractivity contribution is 5.94. The van der Waals surface area contributed by atoms with Crippen LogP contribution in [0.5, 0.6) is 0 Å². The van der Waals surface area contributed by atoms with E-state index in [0.29, 0.717) is 11.7 Å². The second-order valence-electron chi connectivity index (χ2n) is 8.31. The normalized spacial score (nSPS) is 17.0. The summed E-state index contributed by atoms with van der Waals surface area (Å²) in [4.78, 5) is 15.7. The smallest absolute Gasteiger partial charge is 0.274 e. The van der Waals surface area contributed by atoms with Gasteiger partial charge in [-0.05, 0) is 77.1 Å². The average molecular weight is 381 g/mol. The molecule has 1 aromatic carbocycles. The first kappa shape index (κ1) is 19.2. The van der Waals surface area contributed by atoms with E-state index in [0.717, 1.165) is 63.8 Å². The van der Waals surface area contributed by atoms with E-state index in [1.807, 2.05) is 0 Å². The van der Waals surface area contributed by atoms with Crippen molar-refractivity contribution in [2.24, 2.45) is 0 Å². The van der Waals surface area contributed by atoms with Gasteiger partial charge in [-0.15, -0.1) is 0 Å². The zero-order valence-corrected chi connectivity index (χ0v) is 17.4. The summed E-state index contributed by atoms with van der Waals surface area (Å²) in [7, 11) is 0. The van der Waals surface area contributed by atoms with Gasteiger partial charge in [-0.1, -0.05) is 24.6 Å². The topological polar surface area (TPSA) is 50.2 Å². The molecular formula is C23H32N4O. The molecule has 1 aliphatic heterocycles. The van der Waals surface area contributed by atoms with Gasteiger partial charge in [0.15, 0.2) is 5.69 Å². The van der Waals surface area contributed by atoms with E-state index >= 15 is 0 Å². The molecular weight excluding hydrogens is 348 g/mol. The fraction of sp³-hybridized carbons (Fsp3) is 0.565.